The highest BCUT2D eigenvalue weighted by molar-refractivity contribution is 8.16. The van der Waals surface area contributed by atoms with Crippen molar-refractivity contribution < 1.29 is 24.6 Å². The molecule has 0 aromatic heterocycles. The molecule has 1 aliphatic carbocycles. The van der Waals surface area contributed by atoms with Gasteiger partial charge in [0.2, 0.25) is 12.2 Å². The summed E-state index contributed by atoms with van der Waals surface area (Å²) in [5.41, 5.74) is 0.398. The Balaban J connectivity index is 1.66. The van der Waals surface area contributed by atoms with Crippen LogP contribution in [0.1, 0.15) is 39.5 Å². The van der Waals surface area contributed by atoms with Crippen LogP contribution >= 0.6 is 11.8 Å². The number of allylic oxidation sites excluding steroid dienone is 1. The van der Waals surface area contributed by atoms with Crippen LogP contribution < -0.4 is 5.32 Å². The maximum Gasteiger partial charge on any atom is 0.246 e. The topological polar surface area (TPSA) is 113 Å². The number of hydrogen-bond donors (Lipinski definition) is 3. The number of nitrogens with zero attached hydrogens (tertiary/aromatic N) is 2. The summed E-state index contributed by atoms with van der Waals surface area (Å²) >= 11 is 1.39. The Bertz CT molecular complexity index is 714. The molecule has 9 heteroatoms. The number of nitrogens with one attached hydrogen (secondary N) is 1. The van der Waals surface area contributed by atoms with Gasteiger partial charge in [-0.1, -0.05) is 18.5 Å². The third kappa shape index (κ3) is 5.51. The maximum atomic E-state index is 12.7. The zero-order valence-corrected chi connectivity index (χ0v) is 16.9. The van der Waals surface area contributed by atoms with Gasteiger partial charge >= 0.3 is 0 Å². The Kier molecular flexibility index (Phi) is 7.01. The summed E-state index contributed by atoms with van der Waals surface area (Å²) in [7, 11) is 0. The molecular formula is C19H27N3O5S. The third-order valence-corrected chi connectivity index (χ3v) is 5.84. The minimum absolute atomic E-state index is 0.222. The molecule has 3 atom stereocenters. The van der Waals surface area contributed by atoms with Crippen LogP contribution in [0.4, 0.5) is 0 Å². The lowest BCUT2D eigenvalue weighted by Gasteiger charge is -2.27. The fourth-order valence-electron chi connectivity index (χ4n) is 2.90. The van der Waals surface area contributed by atoms with Crippen LogP contribution in [0, 0.1) is 5.92 Å². The van der Waals surface area contributed by atoms with E-state index in [1.807, 2.05) is 6.92 Å². The van der Waals surface area contributed by atoms with E-state index in [0.717, 1.165) is 6.42 Å². The zero-order chi connectivity index (χ0) is 20.1. The summed E-state index contributed by atoms with van der Waals surface area (Å²) < 4.78 is 11.3. The van der Waals surface area contributed by atoms with Gasteiger partial charge in [0.05, 0.1) is 12.6 Å². The molecule has 0 aromatic carbocycles. The van der Waals surface area contributed by atoms with E-state index in [0.29, 0.717) is 47.0 Å². The number of thioether (sulfide) groups is 1. The van der Waals surface area contributed by atoms with Gasteiger partial charge in [0.1, 0.15) is 28.3 Å². The summed E-state index contributed by atoms with van der Waals surface area (Å²) in [6.07, 6.45) is 6.02. The number of aliphatic hydroxyl groups excluding tert-OH is 1. The van der Waals surface area contributed by atoms with E-state index >= 15 is 0 Å². The molecule has 0 radical (unpaired) electrons. The number of aliphatic imine (C=N–C) groups is 1. The first kappa shape index (κ1) is 20.7. The second-order valence-electron chi connectivity index (χ2n) is 7.17. The van der Waals surface area contributed by atoms with Crippen molar-refractivity contribution in [3.63, 3.8) is 0 Å². The van der Waals surface area contributed by atoms with Gasteiger partial charge < -0.3 is 25.1 Å². The molecule has 2 aliphatic heterocycles. The molecule has 0 aromatic rings. The summed E-state index contributed by atoms with van der Waals surface area (Å²) in [6, 6.07) is -0.927. The highest BCUT2D eigenvalue weighted by Crippen LogP contribution is 2.30. The van der Waals surface area contributed by atoms with Crippen LogP contribution in [0.2, 0.25) is 0 Å². The quantitative estimate of drug-likeness (QED) is 0.306. The lowest BCUT2D eigenvalue weighted by atomic mass is 10.1. The number of aliphatic hydroxyl groups is 1. The van der Waals surface area contributed by atoms with Crippen molar-refractivity contribution in [3.8, 4) is 0 Å². The van der Waals surface area contributed by atoms with Gasteiger partial charge in [-0.15, -0.1) is 11.8 Å². The first-order valence-corrected chi connectivity index (χ1v) is 10.6. The molecule has 1 saturated carbocycles. The number of rotatable bonds is 9. The minimum Gasteiger partial charge on any atom is -0.493 e. The van der Waals surface area contributed by atoms with Crippen molar-refractivity contribution >= 4 is 28.4 Å². The van der Waals surface area contributed by atoms with E-state index in [1.165, 1.54) is 30.7 Å². The second kappa shape index (κ2) is 9.47. The van der Waals surface area contributed by atoms with Crippen LogP contribution in [0.5, 0.6) is 0 Å². The molecule has 8 nitrogen and oxygen atoms in total. The molecule has 3 rings (SSSR count). The lowest BCUT2D eigenvalue weighted by Crippen LogP contribution is -2.43. The number of carbonyl (C=O) groups excluding carboxylic acids is 1. The molecular weight excluding hydrogens is 382 g/mol. The van der Waals surface area contributed by atoms with Gasteiger partial charge in [0.15, 0.2) is 0 Å². The monoisotopic (exact) mass is 409 g/mol. The Morgan fingerprint density at radius 3 is 3.00 bits per heavy atom. The minimum atomic E-state index is -1.10. The maximum absolute atomic E-state index is 12.7. The van der Waals surface area contributed by atoms with Crippen LogP contribution in [0.3, 0.4) is 0 Å². The van der Waals surface area contributed by atoms with Crippen molar-refractivity contribution in [1.82, 2.24) is 5.32 Å². The Morgan fingerprint density at radius 2 is 2.32 bits per heavy atom. The van der Waals surface area contributed by atoms with Gasteiger partial charge in [-0.05, 0) is 32.1 Å². The third-order valence-electron chi connectivity index (χ3n) is 4.68. The van der Waals surface area contributed by atoms with E-state index in [4.69, 9.17) is 14.7 Å². The summed E-state index contributed by atoms with van der Waals surface area (Å²) in [5, 5.41) is 25.6. The molecule has 3 N–H and O–H groups in total. The summed E-state index contributed by atoms with van der Waals surface area (Å²) in [5.74, 6) is 1.93. The molecule has 154 valence electrons. The van der Waals surface area contributed by atoms with Crippen molar-refractivity contribution in [3.05, 3.63) is 23.7 Å². The molecule has 28 heavy (non-hydrogen) atoms. The highest BCUT2D eigenvalue weighted by atomic mass is 32.2. The zero-order valence-electron chi connectivity index (χ0n) is 16.1. The highest BCUT2D eigenvalue weighted by Gasteiger charge is 2.31. The summed E-state index contributed by atoms with van der Waals surface area (Å²) in [6.45, 7) is 4.29. The fraction of sp³-hybridized carbons (Fsp3) is 0.632. The molecule has 0 bridgehead atoms. The normalized spacial score (nSPS) is 26.0. The standard InChI is InChI=1S/C19H27N3O5S/c1-3-4-14(20-18(24)15-10-28-19(21-15)11(2)22-25)16-7-13(8-17(23)27-16)26-9-12-5-6-12/h7-8,12,14-15,17,23,25H,3-6,9-10H2,1-2H3,(H,20,24)/b22-11+/t14-,15+,17?/m1/s1. The van der Waals surface area contributed by atoms with Gasteiger partial charge in [-0.2, -0.15) is 0 Å². The first-order valence-electron chi connectivity index (χ1n) is 9.61. The average Bonchev–Trinajstić information content (AvgIpc) is 3.38. The molecule has 0 spiro atoms. The van der Waals surface area contributed by atoms with Crippen molar-refractivity contribution in [2.45, 2.75) is 57.9 Å². The van der Waals surface area contributed by atoms with Crippen LogP contribution in [0.15, 0.2) is 33.8 Å². The molecule has 1 fully saturated rings. The Morgan fingerprint density at radius 1 is 1.54 bits per heavy atom. The van der Waals surface area contributed by atoms with E-state index in [2.05, 4.69) is 15.5 Å². The first-order chi connectivity index (χ1) is 13.5. The number of amides is 1. The largest absolute Gasteiger partial charge is 0.493 e. The molecule has 3 aliphatic rings. The van der Waals surface area contributed by atoms with Crippen molar-refractivity contribution in [2.24, 2.45) is 16.1 Å². The van der Waals surface area contributed by atoms with Crippen molar-refractivity contribution in [2.75, 3.05) is 12.4 Å². The Hall–Kier alpha value is -2.00. The van der Waals surface area contributed by atoms with Gasteiger partial charge in [-0.25, -0.2) is 0 Å². The number of hydrogen-bond acceptors (Lipinski definition) is 8. The van der Waals surface area contributed by atoms with E-state index < -0.39 is 12.3 Å². The van der Waals surface area contributed by atoms with Gasteiger partial charge in [-0.3, -0.25) is 9.79 Å². The average molecular weight is 410 g/mol. The van der Waals surface area contributed by atoms with Gasteiger partial charge in [0.25, 0.3) is 0 Å². The number of ether oxygens (including phenoxy) is 2. The molecule has 0 saturated heterocycles. The summed E-state index contributed by atoms with van der Waals surface area (Å²) in [4.78, 5) is 17.0. The molecule has 1 unspecified atom stereocenters. The fourth-order valence-corrected chi connectivity index (χ4v) is 3.89. The Labute approximate surface area is 168 Å². The predicted molar refractivity (Wildman–Crippen MR) is 107 cm³/mol. The van der Waals surface area contributed by atoms with Crippen LogP contribution in [-0.2, 0) is 14.3 Å². The molecule has 2 heterocycles. The van der Waals surface area contributed by atoms with E-state index in [1.54, 1.807) is 13.0 Å². The lowest BCUT2D eigenvalue weighted by molar-refractivity contribution is -0.123. The second-order valence-corrected chi connectivity index (χ2v) is 8.18. The molecule has 1 amide bonds. The van der Waals surface area contributed by atoms with E-state index in [-0.39, 0.29) is 11.9 Å². The van der Waals surface area contributed by atoms with Crippen LogP contribution in [0.25, 0.3) is 0 Å². The predicted octanol–water partition coefficient (Wildman–Crippen LogP) is 2.18. The van der Waals surface area contributed by atoms with Crippen LogP contribution in [-0.4, -0.2) is 57.7 Å². The number of carbonyl (C=O) groups is 1. The SMILES string of the molecule is CCC[C@@H](NC(=O)[C@@H]1CSC(/C(C)=N/O)=N1)C1=CC(OCC2CC2)=CC(O)O1. The smallest absolute Gasteiger partial charge is 0.246 e. The van der Waals surface area contributed by atoms with Crippen molar-refractivity contribution in [1.29, 1.82) is 0 Å². The van der Waals surface area contributed by atoms with Gasteiger partial charge in [0, 0.05) is 17.9 Å². The number of oxime groups is 1. The van der Waals surface area contributed by atoms with E-state index in [9.17, 15) is 9.90 Å².